The Morgan fingerprint density at radius 1 is 1.54 bits per heavy atom. The molecule has 2 aromatic heterocycles. The molecule has 2 rings (SSSR count). The van der Waals surface area contributed by atoms with Gasteiger partial charge in [-0.1, -0.05) is 26.8 Å². The van der Waals surface area contributed by atoms with Crippen molar-refractivity contribution in [2.45, 2.75) is 39.8 Å². The Kier molecular flexibility index (Phi) is 5.95. The lowest BCUT2D eigenvalue weighted by molar-refractivity contribution is -0.124. The van der Waals surface area contributed by atoms with Crippen molar-refractivity contribution in [1.82, 2.24) is 20.1 Å². The molecule has 8 heteroatoms. The molecule has 24 heavy (non-hydrogen) atoms. The number of methoxy groups -OCH3 is 1. The fraction of sp³-hybridized carbons (Fsp3) is 0.562. The molecule has 0 spiro atoms. The fourth-order valence-electron chi connectivity index (χ4n) is 2.44. The number of nitrogens with zero attached hydrogens (tertiary/aromatic N) is 2. The number of carbonyl (C=O) groups excluding carboxylic acids is 1. The molecule has 0 aromatic carbocycles. The van der Waals surface area contributed by atoms with Crippen molar-refractivity contribution >= 4 is 29.5 Å². The Hall–Kier alpha value is -1.51. The van der Waals surface area contributed by atoms with Crippen LogP contribution in [-0.4, -0.2) is 40.4 Å². The molecule has 6 nitrogen and oxygen atoms in total. The van der Waals surface area contributed by atoms with Crippen LogP contribution < -0.4 is 5.32 Å². The molecule has 0 bridgehead atoms. The lowest BCUT2D eigenvalue weighted by Gasteiger charge is -2.30. The zero-order valence-corrected chi connectivity index (χ0v) is 16.3. The molecule has 2 aromatic rings. The zero-order valence-electron chi connectivity index (χ0n) is 14.6. The topological polar surface area (TPSA) is 71.9 Å². The first kappa shape index (κ1) is 18.8. The predicted molar refractivity (Wildman–Crippen MR) is 98.7 cm³/mol. The number of ether oxygens (including phenoxy) is 1. The average molecular weight is 369 g/mol. The molecule has 0 saturated heterocycles. The van der Waals surface area contributed by atoms with Crippen molar-refractivity contribution in [3.05, 3.63) is 22.3 Å². The highest BCUT2D eigenvalue weighted by atomic mass is 32.1. The Morgan fingerprint density at radius 2 is 2.25 bits per heavy atom. The first-order valence-electron chi connectivity index (χ1n) is 7.77. The van der Waals surface area contributed by atoms with Crippen LogP contribution in [0.1, 0.15) is 33.7 Å². The van der Waals surface area contributed by atoms with Crippen LogP contribution >= 0.6 is 23.6 Å². The van der Waals surface area contributed by atoms with E-state index >= 15 is 0 Å². The largest absolute Gasteiger partial charge is 0.379 e. The summed E-state index contributed by atoms with van der Waals surface area (Å²) in [5, 5.41) is 12.0. The number of nitrogens with one attached hydrogen (secondary N) is 2. The van der Waals surface area contributed by atoms with Crippen molar-refractivity contribution in [1.29, 1.82) is 0 Å². The van der Waals surface area contributed by atoms with Crippen molar-refractivity contribution in [2.75, 3.05) is 13.7 Å². The summed E-state index contributed by atoms with van der Waals surface area (Å²) >= 11 is 6.86. The van der Waals surface area contributed by atoms with Gasteiger partial charge in [-0.2, -0.15) is 5.10 Å². The van der Waals surface area contributed by atoms with Gasteiger partial charge in [0.2, 0.25) is 5.91 Å². The van der Waals surface area contributed by atoms with E-state index in [0.29, 0.717) is 17.1 Å². The summed E-state index contributed by atoms with van der Waals surface area (Å²) in [5.74, 6) is 0.563. The van der Waals surface area contributed by atoms with Gasteiger partial charge in [0, 0.05) is 13.7 Å². The fourth-order valence-corrected chi connectivity index (χ4v) is 3.45. The minimum Gasteiger partial charge on any atom is -0.379 e. The Bertz CT molecular complexity index is 728. The van der Waals surface area contributed by atoms with Gasteiger partial charge in [-0.25, -0.2) is 0 Å². The summed E-state index contributed by atoms with van der Waals surface area (Å²) in [6.07, 6.45) is -0.0669. The van der Waals surface area contributed by atoms with Crippen LogP contribution in [0.4, 0.5) is 0 Å². The second kappa shape index (κ2) is 7.58. The van der Waals surface area contributed by atoms with E-state index in [1.54, 1.807) is 23.0 Å². The van der Waals surface area contributed by atoms with Crippen molar-refractivity contribution in [2.24, 2.45) is 5.41 Å². The second-order valence-electron chi connectivity index (χ2n) is 6.71. The molecule has 1 amide bonds. The van der Waals surface area contributed by atoms with E-state index in [9.17, 15) is 4.79 Å². The van der Waals surface area contributed by atoms with Gasteiger partial charge in [0.1, 0.15) is 6.04 Å². The van der Waals surface area contributed by atoms with Crippen LogP contribution in [-0.2, 0) is 9.53 Å². The maximum atomic E-state index is 12.6. The van der Waals surface area contributed by atoms with E-state index in [4.69, 9.17) is 17.0 Å². The third-order valence-corrected chi connectivity index (χ3v) is 5.08. The Balaban J connectivity index is 2.15. The van der Waals surface area contributed by atoms with Crippen LogP contribution in [0.15, 0.2) is 17.5 Å². The van der Waals surface area contributed by atoms with E-state index in [1.165, 1.54) is 0 Å². The molecule has 0 aliphatic rings. The molecule has 132 valence electrons. The highest BCUT2D eigenvalue weighted by molar-refractivity contribution is 7.71. The third-order valence-electron chi connectivity index (χ3n) is 3.92. The van der Waals surface area contributed by atoms with E-state index in [2.05, 4.69) is 36.3 Å². The lowest BCUT2D eigenvalue weighted by atomic mass is 9.89. The number of aromatic amines is 1. The summed E-state index contributed by atoms with van der Waals surface area (Å²) in [7, 11) is 1.66. The average Bonchev–Trinajstić information content (AvgIpc) is 3.14. The van der Waals surface area contributed by atoms with Gasteiger partial charge < -0.3 is 10.1 Å². The van der Waals surface area contributed by atoms with Gasteiger partial charge in [0.25, 0.3) is 0 Å². The summed E-state index contributed by atoms with van der Waals surface area (Å²) < 4.78 is 7.66. The number of hydrogen-bond acceptors (Lipinski definition) is 5. The van der Waals surface area contributed by atoms with E-state index < -0.39 is 6.04 Å². The molecule has 0 unspecified atom stereocenters. The minimum atomic E-state index is -0.467. The monoisotopic (exact) mass is 368 g/mol. The third kappa shape index (κ3) is 4.12. The molecule has 0 radical (unpaired) electrons. The number of H-pyrrole nitrogens is 1. The molecular weight excluding hydrogens is 344 g/mol. The van der Waals surface area contributed by atoms with Crippen LogP contribution in [0, 0.1) is 10.2 Å². The van der Waals surface area contributed by atoms with Gasteiger partial charge in [-0.15, -0.1) is 11.3 Å². The number of aromatic nitrogens is 3. The van der Waals surface area contributed by atoms with E-state index in [0.717, 1.165) is 4.88 Å². The molecule has 0 aliphatic carbocycles. The van der Waals surface area contributed by atoms with E-state index in [1.807, 2.05) is 24.4 Å². The van der Waals surface area contributed by atoms with Crippen molar-refractivity contribution in [3.8, 4) is 10.7 Å². The lowest BCUT2D eigenvalue weighted by Crippen LogP contribution is -2.42. The maximum Gasteiger partial charge on any atom is 0.243 e. The summed E-state index contributed by atoms with van der Waals surface area (Å²) in [6, 6.07) is 3.43. The SMILES string of the molecule is CO[C@H](CNC(=O)[C@H](C)n1c(-c2cccs2)n[nH]c1=S)C(C)(C)C. The molecule has 0 saturated carbocycles. The predicted octanol–water partition coefficient (Wildman–Crippen LogP) is 3.41. The normalized spacial score (nSPS) is 14.4. The number of thiophene rings is 1. The Labute approximate surface area is 151 Å². The molecule has 2 heterocycles. The molecule has 2 atom stereocenters. The first-order valence-corrected chi connectivity index (χ1v) is 9.05. The number of amides is 1. The summed E-state index contributed by atoms with van der Waals surface area (Å²) in [5.41, 5.74) is -0.0562. The molecular formula is C16H24N4O2S2. The van der Waals surface area contributed by atoms with Crippen molar-refractivity contribution < 1.29 is 9.53 Å². The second-order valence-corrected chi connectivity index (χ2v) is 8.05. The van der Waals surface area contributed by atoms with Crippen molar-refractivity contribution in [3.63, 3.8) is 0 Å². The molecule has 0 aliphatic heterocycles. The van der Waals surface area contributed by atoms with Crippen LogP contribution in [0.2, 0.25) is 0 Å². The standard InChI is InChI=1S/C16H24N4O2S2/c1-10(14(21)17-9-12(22-5)16(2,3)4)20-13(18-19-15(20)23)11-7-6-8-24-11/h6-8,10,12H,9H2,1-5H3,(H,17,21)(H,19,23)/t10-,12+/m0/s1. The van der Waals surface area contributed by atoms with Crippen LogP contribution in [0.3, 0.4) is 0 Å². The molecule has 2 N–H and O–H groups in total. The van der Waals surface area contributed by atoms with Gasteiger partial charge in [0.15, 0.2) is 10.6 Å². The van der Waals surface area contributed by atoms with Gasteiger partial charge in [0.05, 0.1) is 11.0 Å². The smallest absolute Gasteiger partial charge is 0.243 e. The maximum absolute atomic E-state index is 12.6. The number of hydrogen-bond donors (Lipinski definition) is 2. The highest BCUT2D eigenvalue weighted by Crippen LogP contribution is 2.26. The first-order chi connectivity index (χ1) is 11.3. The molecule has 0 fully saturated rings. The van der Waals surface area contributed by atoms with Crippen LogP contribution in [0.5, 0.6) is 0 Å². The van der Waals surface area contributed by atoms with E-state index in [-0.39, 0.29) is 17.4 Å². The van der Waals surface area contributed by atoms with Gasteiger partial charge in [-0.3, -0.25) is 14.5 Å². The minimum absolute atomic E-state index is 0.0562. The summed E-state index contributed by atoms with van der Waals surface area (Å²) in [4.78, 5) is 13.6. The Morgan fingerprint density at radius 3 is 2.79 bits per heavy atom. The quantitative estimate of drug-likeness (QED) is 0.767. The van der Waals surface area contributed by atoms with Crippen LogP contribution in [0.25, 0.3) is 10.7 Å². The number of carbonyl (C=O) groups is 1. The van der Waals surface area contributed by atoms with Gasteiger partial charge in [-0.05, 0) is 36.0 Å². The zero-order chi connectivity index (χ0) is 17.9. The highest BCUT2D eigenvalue weighted by Gasteiger charge is 2.27. The number of rotatable bonds is 6. The van der Waals surface area contributed by atoms with Gasteiger partial charge >= 0.3 is 0 Å². The summed E-state index contributed by atoms with van der Waals surface area (Å²) in [6.45, 7) is 8.51.